The molecule has 22 heavy (non-hydrogen) atoms. The second-order valence-electron chi connectivity index (χ2n) is 3.94. The van der Waals surface area contributed by atoms with Crippen LogP contribution in [0.25, 0.3) is 0 Å². The number of halogens is 6. The van der Waals surface area contributed by atoms with Crippen LogP contribution in [0.5, 0.6) is 0 Å². The summed E-state index contributed by atoms with van der Waals surface area (Å²) in [4.78, 5) is 15.3. The topological polar surface area (TPSA) is 39.2 Å². The van der Waals surface area contributed by atoms with Crippen molar-refractivity contribution >= 4 is 21.9 Å². The Labute approximate surface area is 128 Å². The predicted octanol–water partition coefficient (Wildman–Crippen LogP) is 4.03. The monoisotopic (exact) mass is 381 g/mol. The molecule has 0 aliphatic rings. The maximum Gasteiger partial charge on any atom is 0.339 e. The fourth-order valence-electron chi connectivity index (χ4n) is 1.53. The van der Waals surface area contributed by atoms with E-state index >= 15 is 0 Å². The number of carbonyl (C=O) groups is 1. The van der Waals surface area contributed by atoms with Gasteiger partial charge in [-0.3, -0.25) is 4.98 Å². The van der Waals surface area contributed by atoms with Gasteiger partial charge in [0.25, 0.3) is 0 Å². The van der Waals surface area contributed by atoms with Gasteiger partial charge in [-0.2, -0.15) is 0 Å². The van der Waals surface area contributed by atoms with E-state index in [1.165, 1.54) is 24.5 Å². The molecule has 0 N–H and O–H groups in total. The highest BCUT2D eigenvalue weighted by Crippen LogP contribution is 2.33. The lowest BCUT2D eigenvalue weighted by Crippen LogP contribution is -2.14. The van der Waals surface area contributed by atoms with Gasteiger partial charge in [-0.15, -0.1) is 0 Å². The largest absolute Gasteiger partial charge is 0.442 e. The number of benzene rings is 1. The van der Waals surface area contributed by atoms with Crippen LogP contribution in [0.15, 0.2) is 24.5 Å². The number of pyridine rings is 1. The summed E-state index contributed by atoms with van der Waals surface area (Å²) in [5.41, 5.74) is -1.30. The summed E-state index contributed by atoms with van der Waals surface area (Å²) in [6.07, 6.45) is 2.52. The van der Waals surface area contributed by atoms with Gasteiger partial charge in [0, 0.05) is 12.4 Å². The van der Waals surface area contributed by atoms with Crippen LogP contribution in [0.1, 0.15) is 20.9 Å². The molecule has 2 aromatic rings. The van der Waals surface area contributed by atoms with Crippen molar-refractivity contribution in [2.24, 2.45) is 0 Å². The predicted molar refractivity (Wildman–Crippen MR) is 67.6 cm³/mol. The zero-order valence-corrected chi connectivity index (χ0v) is 12.0. The molecule has 116 valence electrons. The molecule has 0 spiro atoms. The van der Waals surface area contributed by atoms with E-state index in [4.69, 9.17) is 0 Å². The molecule has 1 atom stereocenters. The second-order valence-corrected chi connectivity index (χ2v) is 4.77. The van der Waals surface area contributed by atoms with Crippen molar-refractivity contribution < 1.29 is 31.5 Å². The Kier molecular flexibility index (Phi) is 4.74. The molecule has 0 saturated heterocycles. The highest BCUT2D eigenvalue weighted by atomic mass is 79.9. The third-order valence-electron chi connectivity index (χ3n) is 2.60. The molecule has 1 heterocycles. The SMILES string of the molecule is O=C(OC(Br)c1c(F)c(F)c(F)c(F)c1F)c1ccncc1. The van der Waals surface area contributed by atoms with Crippen molar-refractivity contribution in [1.29, 1.82) is 0 Å². The van der Waals surface area contributed by atoms with Crippen molar-refractivity contribution in [2.45, 2.75) is 5.01 Å². The summed E-state index contributed by atoms with van der Waals surface area (Å²) >= 11 is 2.58. The Morgan fingerprint density at radius 2 is 1.41 bits per heavy atom. The minimum Gasteiger partial charge on any atom is -0.442 e. The average molecular weight is 382 g/mol. The van der Waals surface area contributed by atoms with Gasteiger partial charge < -0.3 is 4.74 Å². The number of rotatable bonds is 3. The third kappa shape index (κ3) is 2.94. The van der Waals surface area contributed by atoms with Crippen LogP contribution in [-0.4, -0.2) is 11.0 Å². The van der Waals surface area contributed by atoms with Crippen LogP contribution in [-0.2, 0) is 4.74 Å². The minimum atomic E-state index is -2.29. The van der Waals surface area contributed by atoms with Crippen LogP contribution in [0.4, 0.5) is 22.0 Å². The standard InChI is InChI=1S/C13H5BrF5NO2/c14-12(22-13(21)5-1-3-20-4-2-5)6-7(15)9(17)11(19)10(18)8(6)16/h1-4,12H. The number of hydrogen-bond acceptors (Lipinski definition) is 3. The van der Waals surface area contributed by atoms with Crippen LogP contribution in [0.2, 0.25) is 0 Å². The molecule has 1 aromatic carbocycles. The number of alkyl halides is 1. The fourth-order valence-corrected chi connectivity index (χ4v) is 2.10. The van der Waals surface area contributed by atoms with Crippen molar-refractivity contribution in [1.82, 2.24) is 4.98 Å². The minimum absolute atomic E-state index is 0.0108. The molecule has 3 nitrogen and oxygen atoms in total. The Hall–Kier alpha value is -2.03. The van der Waals surface area contributed by atoms with Gasteiger partial charge in [0.1, 0.15) is 0 Å². The van der Waals surface area contributed by atoms with Crippen LogP contribution < -0.4 is 0 Å². The summed E-state index contributed by atoms with van der Waals surface area (Å²) in [6, 6.07) is 2.50. The molecule has 0 radical (unpaired) electrons. The van der Waals surface area contributed by atoms with E-state index in [1.807, 2.05) is 0 Å². The summed E-state index contributed by atoms with van der Waals surface area (Å²) in [5, 5.41) is -1.86. The third-order valence-corrected chi connectivity index (χ3v) is 3.24. The Morgan fingerprint density at radius 1 is 0.955 bits per heavy atom. The lowest BCUT2D eigenvalue weighted by Gasteiger charge is -2.14. The van der Waals surface area contributed by atoms with Gasteiger partial charge in [-0.25, -0.2) is 26.7 Å². The van der Waals surface area contributed by atoms with Gasteiger partial charge in [0.2, 0.25) is 5.82 Å². The molecule has 0 saturated carbocycles. The quantitative estimate of drug-likeness (QED) is 0.265. The molecule has 1 unspecified atom stereocenters. The number of ether oxygens (including phenoxy) is 1. The molecule has 0 bridgehead atoms. The normalized spacial score (nSPS) is 12.1. The molecule has 1 aromatic heterocycles. The maximum absolute atomic E-state index is 13.6. The summed E-state index contributed by atoms with van der Waals surface area (Å²) in [6.45, 7) is 0. The van der Waals surface area contributed by atoms with Gasteiger partial charge >= 0.3 is 5.97 Å². The molecule has 0 aliphatic heterocycles. The Morgan fingerprint density at radius 3 is 1.91 bits per heavy atom. The Balaban J connectivity index is 2.35. The van der Waals surface area contributed by atoms with Gasteiger partial charge in [0.15, 0.2) is 28.3 Å². The van der Waals surface area contributed by atoms with Gasteiger partial charge in [-0.1, -0.05) is 0 Å². The fraction of sp³-hybridized carbons (Fsp3) is 0.0769. The molecule has 0 aliphatic carbocycles. The van der Waals surface area contributed by atoms with E-state index in [2.05, 4.69) is 25.7 Å². The zero-order valence-electron chi connectivity index (χ0n) is 10.4. The van der Waals surface area contributed by atoms with E-state index in [-0.39, 0.29) is 5.56 Å². The first kappa shape index (κ1) is 16.3. The van der Waals surface area contributed by atoms with Crippen molar-refractivity contribution in [3.8, 4) is 0 Å². The number of carbonyl (C=O) groups excluding carboxylic acids is 1. The zero-order chi connectivity index (χ0) is 16.4. The number of esters is 1. The molecule has 0 fully saturated rings. The van der Waals surface area contributed by atoms with Crippen molar-refractivity contribution in [3.05, 3.63) is 64.7 Å². The summed E-state index contributed by atoms with van der Waals surface area (Å²) < 4.78 is 70.9. The van der Waals surface area contributed by atoms with E-state index in [9.17, 15) is 26.7 Å². The van der Waals surface area contributed by atoms with Crippen LogP contribution >= 0.6 is 15.9 Å². The van der Waals surface area contributed by atoms with Gasteiger partial charge in [-0.05, 0) is 28.1 Å². The van der Waals surface area contributed by atoms with Crippen LogP contribution in [0, 0.1) is 29.1 Å². The molecule has 9 heteroatoms. The molecule has 0 amide bonds. The lowest BCUT2D eigenvalue weighted by molar-refractivity contribution is 0.0456. The number of aromatic nitrogens is 1. The number of hydrogen-bond donors (Lipinski definition) is 0. The molecular weight excluding hydrogens is 377 g/mol. The first-order valence-corrected chi connectivity index (χ1v) is 6.52. The van der Waals surface area contributed by atoms with Crippen molar-refractivity contribution in [2.75, 3.05) is 0 Å². The van der Waals surface area contributed by atoms with E-state index in [1.54, 1.807) is 0 Å². The molecular formula is C13H5BrF5NO2. The maximum atomic E-state index is 13.6. The highest BCUT2D eigenvalue weighted by Gasteiger charge is 2.31. The summed E-state index contributed by atoms with van der Waals surface area (Å²) in [5.74, 6) is -11.7. The first-order chi connectivity index (χ1) is 10.3. The second kappa shape index (κ2) is 6.39. The average Bonchev–Trinajstić information content (AvgIpc) is 2.52. The molecule has 2 rings (SSSR count). The Bertz CT molecular complexity index is 697. The van der Waals surface area contributed by atoms with E-state index in [0.717, 1.165) is 0 Å². The first-order valence-electron chi connectivity index (χ1n) is 5.61. The van der Waals surface area contributed by atoms with E-state index < -0.39 is 45.6 Å². The van der Waals surface area contributed by atoms with Gasteiger partial charge in [0.05, 0.1) is 11.1 Å². The lowest BCUT2D eigenvalue weighted by atomic mass is 10.2. The summed E-state index contributed by atoms with van der Waals surface area (Å²) in [7, 11) is 0. The number of nitrogens with zero attached hydrogens (tertiary/aromatic N) is 1. The smallest absolute Gasteiger partial charge is 0.339 e. The van der Waals surface area contributed by atoms with E-state index in [0.29, 0.717) is 0 Å². The van der Waals surface area contributed by atoms with Crippen LogP contribution in [0.3, 0.4) is 0 Å². The highest BCUT2D eigenvalue weighted by molar-refractivity contribution is 9.09. The van der Waals surface area contributed by atoms with Crippen molar-refractivity contribution in [3.63, 3.8) is 0 Å².